The molecule has 4 aromatic rings. The molecular formula is C51H64O14Si. The van der Waals surface area contributed by atoms with Crippen molar-refractivity contribution in [3.05, 3.63) is 144 Å². The summed E-state index contributed by atoms with van der Waals surface area (Å²) in [6.07, 6.45) is -10.6. The fourth-order valence-corrected chi connectivity index (χ4v) is 8.41. The zero-order chi connectivity index (χ0) is 46.9. The Hall–Kier alpha value is -4.81. The summed E-state index contributed by atoms with van der Waals surface area (Å²) in [6, 6.07) is 39.9. The van der Waals surface area contributed by atoms with Crippen LogP contribution < -0.4 is 0 Å². The third-order valence-electron chi connectivity index (χ3n) is 10.9. The fraction of sp³-hybridized carbons (Fsp3) is 0.471. The number of hydrogen-bond donors (Lipinski definition) is 0. The van der Waals surface area contributed by atoms with E-state index >= 15 is 0 Å². The number of hydrogen-bond acceptors (Lipinski definition) is 14. The zero-order valence-corrected chi connectivity index (χ0v) is 39.7. The normalized spacial score (nSPS) is 25.4. The van der Waals surface area contributed by atoms with Crippen molar-refractivity contribution in [3.8, 4) is 0 Å². The van der Waals surface area contributed by atoms with E-state index in [2.05, 4.69) is 19.6 Å². The Kier molecular flexibility index (Phi) is 19.4. The van der Waals surface area contributed by atoms with Gasteiger partial charge in [-0.15, -0.1) is 0 Å². The van der Waals surface area contributed by atoms with Gasteiger partial charge in [0.1, 0.15) is 30.5 Å². The lowest BCUT2D eigenvalue weighted by Gasteiger charge is -2.47. The molecule has 0 N–H and O–H groups in total. The predicted octanol–water partition coefficient (Wildman–Crippen LogP) is 7.58. The predicted molar refractivity (Wildman–Crippen MR) is 245 cm³/mol. The molecule has 15 heteroatoms. The molecule has 0 unspecified atom stereocenters. The molecule has 6 rings (SSSR count). The summed E-state index contributed by atoms with van der Waals surface area (Å²) in [5.41, 5.74) is 3.76. The van der Waals surface area contributed by atoms with E-state index in [-0.39, 0.29) is 39.6 Å². The van der Waals surface area contributed by atoms with Gasteiger partial charge in [0.05, 0.1) is 39.6 Å². The van der Waals surface area contributed by atoms with Crippen molar-refractivity contribution < 1.29 is 66.5 Å². The van der Waals surface area contributed by atoms with Gasteiger partial charge in [0.2, 0.25) is 0 Å². The lowest BCUT2D eigenvalue weighted by Crippen LogP contribution is -2.64. The van der Waals surface area contributed by atoms with E-state index in [1.54, 1.807) is 0 Å². The molecule has 0 saturated carbocycles. The van der Waals surface area contributed by atoms with Gasteiger partial charge in [-0.1, -0.05) is 141 Å². The second-order valence-electron chi connectivity index (χ2n) is 17.6. The Morgan fingerprint density at radius 2 is 0.833 bits per heavy atom. The Bertz CT molecular complexity index is 2050. The molecule has 0 aliphatic carbocycles. The minimum absolute atomic E-state index is 0.0897. The molecular weight excluding hydrogens is 865 g/mol. The van der Waals surface area contributed by atoms with Crippen LogP contribution in [-0.4, -0.2) is 107 Å². The molecule has 14 nitrogen and oxygen atoms in total. The van der Waals surface area contributed by atoms with Crippen molar-refractivity contribution >= 4 is 26.0 Å². The summed E-state index contributed by atoms with van der Waals surface area (Å²) in [4.78, 5) is 37.9. The van der Waals surface area contributed by atoms with Crippen LogP contribution in [0, 0.1) is 0 Å². The summed E-state index contributed by atoms with van der Waals surface area (Å²) in [5.74, 6) is -2.05. The molecule has 0 radical (unpaired) electrons. The van der Waals surface area contributed by atoms with E-state index in [1.807, 2.05) is 121 Å². The average molecular weight is 929 g/mol. The molecule has 10 atom stereocenters. The largest absolute Gasteiger partial charge is 0.456 e. The topological polar surface area (TPSA) is 153 Å². The van der Waals surface area contributed by atoms with E-state index in [4.69, 9.17) is 52.1 Å². The first-order valence-electron chi connectivity index (χ1n) is 22.5. The molecule has 4 aromatic carbocycles. The molecule has 0 bridgehead atoms. The van der Waals surface area contributed by atoms with Crippen LogP contribution in [0.15, 0.2) is 121 Å². The van der Waals surface area contributed by atoms with Crippen molar-refractivity contribution in [1.82, 2.24) is 0 Å². The van der Waals surface area contributed by atoms with E-state index in [0.29, 0.717) is 6.61 Å². The van der Waals surface area contributed by atoms with Gasteiger partial charge in [-0.2, -0.15) is 0 Å². The molecule has 66 heavy (non-hydrogen) atoms. The Balaban J connectivity index is 1.36. The van der Waals surface area contributed by atoms with Crippen LogP contribution in [0.25, 0.3) is 0 Å². The van der Waals surface area contributed by atoms with Crippen molar-refractivity contribution in [2.24, 2.45) is 0 Å². The number of ether oxygens (including phenoxy) is 11. The molecule has 2 fully saturated rings. The number of carbonyl (C=O) groups is 3. The third kappa shape index (κ3) is 15.9. The fourth-order valence-electron chi connectivity index (χ4n) is 7.68. The molecule has 2 saturated heterocycles. The summed E-state index contributed by atoms with van der Waals surface area (Å²) >= 11 is 0. The molecule has 2 heterocycles. The van der Waals surface area contributed by atoms with Crippen LogP contribution in [0.3, 0.4) is 0 Å². The maximum absolute atomic E-state index is 12.8. The van der Waals surface area contributed by atoms with E-state index in [9.17, 15) is 14.4 Å². The number of rotatable bonds is 23. The van der Waals surface area contributed by atoms with Crippen LogP contribution in [0.5, 0.6) is 0 Å². The highest BCUT2D eigenvalue weighted by atomic mass is 28.3. The van der Waals surface area contributed by atoms with E-state index in [1.165, 1.54) is 20.8 Å². The molecule has 2 aliphatic rings. The standard InChI is InChI=1S/C51H64O14Si/c1-35(52)61-45-43(65-51(56-27-28-66(4,5)6)49(63-37(3)54)47(45)62-36(2)53)34-60-50-48(59-32-41-25-17-10-18-26-41)46(58-31-40-23-15-9-16-24-40)44(57-30-39-21-13-8-14-22-39)42(64-50)33-55-29-38-19-11-7-12-20-38/h7-26,42-51H,27-34H2,1-6H3/t42-,43-,44+,45-,46+,47+,48-,49-,50+,51-/m1/s1. The smallest absolute Gasteiger partial charge is 0.303 e. The quantitative estimate of drug-likeness (QED) is 0.0408. The highest BCUT2D eigenvalue weighted by molar-refractivity contribution is 6.76. The van der Waals surface area contributed by atoms with Crippen LogP contribution in [0.1, 0.15) is 43.0 Å². The minimum Gasteiger partial charge on any atom is -0.456 e. The van der Waals surface area contributed by atoms with Gasteiger partial charge in [-0.3, -0.25) is 14.4 Å². The van der Waals surface area contributed by atoms with Crippen molar-refractivity contribution in [2.45, 2.75) is 134 Å². The molecule has 0 spiro atoms. The van der Waals surface area contributed by atoms with Crippen molar-refractivity contribution in [1.29, 1.82) is 0 Å². The third-order valence-corrected chi connectivity index (χ3v) is 12.6. The van der Waals surface area contributed by atoms with Gasteiger partial charge in [-0.25, -0.2) is 0 Å². The number of esters is 3. The molecule has 0 aromatic heterocycles. The summed E-state index contributed by atoms with van der Waals surface area (Å²) in [6.45, 7) is 11.3. The SMILES string of the molecule is CC(=O)O[C@@H]1[C@@H](OC(C)=O)[C@H](OCC[Si](C)(C)C)O[C@H](CO[C@H]2O[C@H](COCc3ccccc3)[C@H](OCc3ccccc3)[C@H](OCc3ccccc3)[C@H]2OCc2ccccc2)[C@H]1OC(C)=O. The monoisotopic (exact) mass is 928 g/mol. The summed E-state index contributed by atoms with van der Waals surface area (Å²) in [7, 11) is -1.60. The van der Waals surface area contributed by atoms with Crippen LogP contribution in [0.4, 0.5) is 0 Å². The first-order valence-corrected chi connectivity index (χ1v) is 26.2. The Labute approximate surface area is 389 Å². The number of carbonyl (C=O) groups excluding carboxylic acids is 3. The Morgan fingerprint density at radius 3 is 1.30 bits per heavy atom. The highest BCUT2D eigenvalue weighted by Gasteiger charge is 2.54. The zero-order valence-electron chi connectivity index (χ0n) is 38.7. The Morgan fingerprint density at radius 1 is 0.439 bits per heavy atom. The average Bonchev–Trinajstić information content (AvgIpc) is 3.29. The first kappa shape index (κ1) is 50.6. The van der Waals surface area contributed by atoms with Crippen LogP contribution in [0.2, 0.25) is 25.7 Å². The molecule has 2 aliphatic heterocycles. The maximum atomic E-state index is 12.8. The first-order chi connectivity index (χ1) is 31.8. The number of benzene rings is 4. The van der Waals surface area contributed by atoms with Crippen molar-refractivity contribution in [2.75, 3.05) is 19.8 Å². The summed E-state index contributed by atoms with van der Waals surface area (Å²) < 4.78 is 70.5. The minimum atomic E-state index is -1.60. The van der Waals surface area contributed by atoms with E-state index < -0.39 is 87.4 Å². The van der Waals surface area contributed by atoms with Gasteiger partial charge in [0, 0.05) is 35.5 Å². The van der Waals surface area contributed by atoms with Gasteiger partial charge >= 0.3 is 17.9 Å². The van der Waals surface area contributed by atoms with Crippen LogP contribution in [-0.2, 0) is 92.9 Å². The van der Waals surface area contributed by atoms with Gasteiger partial charge in [0.15, 0.2) is 30.9 Å². The lowest BCUT2D eigenvalue weighted by molar-refractivity contribution is -0.345. The van der Waals surface area contributed by atoms with E-state index in [0.717, 1.165) is 28.3 Å². The van der Waals surface area contributed by atoms with Crippen LogP contribution >= 0.6 is 0 Å². The molecule has 0 amide bonds. The van der Waals surface area contributed by atoms with Gasteiger partial charge in [0.25, 0.3) is 0 Å². The van der Waals surface area contributed by atoms with Crippen molar-refractivity contribution in [3.63, 3.8) is 0 Å². The summed E-state index contributed by atoms with van der Waals surface area (Å²) in [5, 5.41) is 0. The molecule has 356 valence electrons. The second kappa shape index (κ2) is 25.4. The lowest BCUT2D eigenvalue weighted by atomic mass is 9.97. The maximum Gasteiger partial charge on any atom is 0.303 e. The highest BCUT2D eigenvalue weighted by Crippen LogP contribution is 2.34. The second-order valence-corrected chi connectivity index (χ2v) is 23.2. The van der Waals surface area contributed by atoms with Gasteiger partial charge in [-0.05, 0) is 28.3 Å². The van der Waals surface area contributed by atoms with Gasteiger partial charge < -0.3 is 52.1 Å².